The van der Waals surface area contributed by atoms with Crippen molar-refractivity contribution in [3.05, 3.63) is 36.5 Å². The van der Waals surface area contributed by atoms with E-state index in [-0.39, 0.29) is 12.8 Å². The van der Waals surface area contributed by atoms with Crippen LogP contribution < -0.4 is 5.32 Å². The van der Waals surface area contributed by atoms with Gasteiger partial charge in [-0.05, 0) is 64.2 Å². The number of allylic oxidation sites excluding steroid dienone is 6. The lowest BCUT2D eigenvalue weighted by atomic mass is 9.98. The van der Waals surface area contributed by atoms with Gasteiger partial charge in [0.2, 0.25) is 5.91 Å². The lowest BCUT2D eigenvalue weighted by Gasteiger charge is -2.40. The number of hydrogen-bond donors (Lipinski definition) is 8. The fourth-order valence-corrected chi connectivity index (χ4v) is 13.1. The van der Waals surface area contributed by atoms with Crippen molar-refractivity contribution >= 4 is 5.91 Å². The fraction of sp³-hybridized carbons (Fsp3) is 0.912. The molecule has 9 atom stereocenters. The monoisotopic (exact) mass is 1290 g/mol. The van der Waals surface area contributed by atoms with Gasteiger partial charge >= 0.3 is 0 Å². The minimum atomic E-state index is -1.67. The quantitative estimate of drug-likeness (QED) is 0.0215. The van der Waals surface area contributed by atoms with Gasteiger partial charge in [0.05, 0.1) is 25.4 Å². The molecule has 0 aliphatic carbocycles. The van der Waals surface area contributed by atoms with Crippen molar-refractivity contribution < 1.29 is 50.0 Å². The van der Waals surface area contributed by atoms with Crippen molar-refractivity contribution in [2.75, 3.05) is 13.2 Å². The molecule has 538 valence electrons. The lowest BCUT2D eigenvalue weighted by molar-refractivity contribution is -0.303. The SMILES string of the molecule is CCCCCCCCCCCCCCCCC/C=C/CC/C=C/CC/C=C/CCCC(O)C(O)C(COC1OC(CO)C(O)C(O)C1O)NC(=O)C(O)CCCCCCCCCCCCCCCCCCCCCCCCCCCCCCCCCCCCCC. The van der Waals surface area contributed by atoms with Crippen molar-refractivity contribution in [1.82, 2.24) is 5.32 Å². The smallest absolute Gasteiger partial charge is 0.249 e. The van der Waals surface area contributed by atoms with Crippen molar-refractivity contribution in [1.29, 1.82) is 0 Å². The van der Waals surface area contributed by atoms with Crippen LogP contribution in [0.4, 0.5) is 0 Å². The molecule has 11 heteroatoms. The molecule has 0 spiro atoms. The highest BCUT2D eigenvalue weighted by atomic mass is 16.7. The fourth-order valence-electron chi connectivity index (χ4n) is 13.1. The first-order chi connectivity index (χ1) is 44.7. The molecule has 1 rings (SSSR count). The summed E-state index contributed by atoms with van der Waals surface area (Å²) in [6.45, 7) is 3.50. The zero-order valence-corrected chi connectivity index (χ0v) is 59.9. The number of rotatable bonds is 71. The predicted molar refractivity (Wildman–Crippen MR) is 385 cm³/mol. The van der Waals surface area contributed by atoms with Gasteiger partial charge in [-0.3, -0.25) is 4.79 Å². The Morgan fingerprint density at radius 2 is 0.659 bits per heavy atom. The van der Waals surface area contributed by atoms with Crippen LogP contribution in [-0.4, -0.2) is 110 Å². The van der Waals surface area contributed by atoms with Crippen LogP contribution >= 0.6 is 0 Å². The number of aliphatic hydroxyl groups is 7. The Bertz CT molecular complexity index is 1580. The van der Waals surface area contributed by atoms with Crippen LogP contribution in [0.25, 0.3) is 0 Å². The Balaban J connectivity index is 2.15. The van der Waals surface area contributed by atoms with Crippen LogP contribution in [0.15, 0.2) is 36.5 Å². The normalized spacial score (nSPS) is 18.5. The average molecular weight is 1290 g/mol. The molecule has 0 saturated carbocycles. The maximum atomic E-state index is 13.3. The van der Waals surface area contributed by atoms with Gasteiger partial charge in [-0.25, -0.2) is 0 Å². The molecule has 0 aromatic rings. The van der Waals surface area contributed by atoms with Crippen LogP contribution in [-0.2, 0) is 14.3 Å². The highest BCUT2D eigenvalue weighted by molar-refractivity contribution is 5.80. The van der Waals surface area contributed by atoms with Gasteiger partial charge in [0.25, 0.3) is 0 Å². The van der Waals surface area contributed by atoms with Crippen LogP contribution in [0, 0.1) is 0 Å². The second-order valence-corrected chi connectivity index (χ2v) is 28.1. The minimum Gasteiger partial charge on any atom is -0.394 e. The maximum absolute atomic E-state index is 13.3. The molecule has 1 aliphatic heterocycles. The summed E-state index contributed by atoms with van der Waals surface area (Å²) in [6.07, 6.45) is 78.4. The standard InChI is InChI=1S/C80H153NO10/c1-3-5-7-9-11-13-15-17-19-21-23-25-27-29-31-33-34-35-36-37-38-39-40-42-44-46-48-50-52-54-56-58-60-62-64-66-68-73(84)79(89)81-71(70-90-80-78(88)77(87)76(86)74(69-82)91-80)75(85)72(83)67-65-63-61-59-57-55-53-51-49-47-45-43-41-32-30-28-26-24-22-20-18-16-14-12-10-8-6-4-2/h43,45,51,53,59,61,71-78,80,82-88H,3-42,44,46-50,52,54-58,60,62-70H2,1-2H3,(H,81,89)/b45-43+,53-51+,61-59+. The molecule has 0 radical (unpaired) electrons. The largest absolute Gasteiger partial charge is 0.394 e. The molecule has 1 aliphatic rings. The third-order valence-electron chi connectivity index (χ3n) is 19.4. The first kappa shape index (κ1) is 87.3. The Morgan fingerprint density at radius 1 is 0.374 bits per heavy atom. The third kappa shape index (κ3) is 55.1. The number of aliphatic hydroxyl groups excluding tert-OH is 7. The summed E-state index contributed by atoms with van der Waals surface area (Å²) in [6, 6.07) is -1.20. The van der Waals surface area contributed by atoms with E-state index in [4.69, 9.17) is 9.47 Å². The van der Waals surface area contributed by atoms with Gasteiger partial charge in [-0.15, -0.1) is 0 Å². The summed E-state index contributed by atoms with van der Waals surface area (Å²) >= 11 is 0. The van der Waals surface area contributed by atoms with Crippen LogP contribution in [0.2, 0.25) is 0 Å². The van der Waals surface area contributed by atoms with Gasteiger partial charge in [-0.1, -0.05) is 371 Å². The zero-order chi connectivity index (χ0) is 66.0. The summed E-state index contributed by atoms with van der Waals surface area (Å²) in [5.41, 5.74) is 0. The number of hydrogen-bond acceptors (Lipinski definition) is 10. The van der Waals surface area contributed by atoms with E-state index in [0.29, 0.717) is 19.3 Å². The zero-order valence-electron chi connectivity index (χ0n) is 59.9. The molecule has 0 bridgehead atoms. The molecular formula is C80H153NO10. The molecule has 11 nitrogen and oxygen atoms in total. The molecule has 8 N–H and O–H groups in total. The second kappa shape index (κ2) is 68.3. The molecule has 1 heterocycles. The summed E-state index contributed by atoms with van der Waals surface area (Å²) in [4.78, 5) is 13.3. The highest BCUT2D eigenvalue weighted by Gasteiger charge is 2.44. The molecular weight excluding hydrogens is 1130 g/mol. The van der Waals surface area contributed by atoms with E-state index in [0.717, 1.165) is 44.9 Å². The maximum Gasteiger partial charge on any atom is 0.249 e. The first-order valence-corrected chi connectivity index (χ1v) is 39.9. The summed E-state index contributed by atoms with van der Waals surface area (Å²) in [5, 5.41) is 76.6. The number of unbranched alkanes of at least 4 members (excludes halogenated alkanes) is 53. The van der Waals surface area contributed by atoms with E-state index in [1.54, 1.807) is 0 Å². The van der Waals surface area contributed by atoms with E-state index in [1.165, 1.54) is 308 Å². The van der Waals surface area contributed by atoms with Gasteiger partial charge in [-0.2, -0.15) is 0 Å². The molecule has 1 fully saturated rings. The molecule has 1 amide bonds. The molecule has 9 unspecified atom stereocenters. The Morgan fingerprint density at radius 3 is 0.978 bits per heavy atom. The summed E-state index contributed by atoms with van der Waals surface area (Å²) < 4.78 is 11.2. The molecule has 0 aromatic heterocycles. The van der Waals surface area contributed by atoms with Crippen molar-refractivity contribution in [2.45, 2.75) is 454 Å². The number of carbonyl (C=O) groups is 1. The number of nitrogens with one attached hydrogen (secondary N) is 1. The van der Waals surface area contributed by atoms with Crippen LogP contribution in [0.1, 0.15) is 399 Å². The lowest BCUT2D eigenvalue weighted by Crippen LogP contribution is -2.60. The van der Waals surface area contributed by atoms with Gasteiger partial charge in [0.1, 0.15) is 36.6 Å². The highest BCUT2D eigenvalue weighted by Crippen LogP contribution is 2.24. The van der Waals surface area contributed by atoms with E-state index in [9.17, 15) is 40.5 Å². The average Bonchev–Trinajstić information content (AvgIpc) is 1.05. The second-order valence-electron chi connectivity index (χ2n) is 28.1. The van der Waals surface area contributed by atoms with Gasteiger partial charge < -0.3 is 50.5 Å². The van der Waals surface area contributed by atoms with Crippen molar-refractivity contribution in [3.63, 3.8) is 0 Å². The van der Waals surface area contributed by atoms with Crippen LogP contribution in [0.3, 0.4) is 0 Å². The molecule has 1 saturated heterocycles. The third-order valence-corrected chi connectivity index (χ3v) is 19.4. The Hall–Kier alpha value is -1.67. The predicted octanol–water partition coefficient (Wildman–Crippen LogP) is 20.5. The van der Waals surface area contributed by atoms with Gasteiger partial charge in [0.15, 0.2) is 6.29 Å². The Kier molecular flexibility index (Phi) is 65.5. The van der Waals surface area contributed by atoms with E-state index >= 15 is 0 Å². The minimum absolute atomic E-state index is 0.243. The van der Waals surface area contributed by atoms with Crippen molar-refractivity contribution in [2.24, 2.45) is 0 Å². The molecule has 91 heavy (non-hydrogen) atoms. The van der Waals surface area contributed by atoms with E-state index in [2.05, 4.69) is 55.6 Å². The number of amides is 1. The molecule has 0 aromatic carbocycles. The van der Waals surface area contributed by atoms with Crippen LogP contribution in [0.5, 0.6) is 0 Å². The number of ether oxygens (including phenoxy) is 2. The summed E-state index contributed by atoms with van der Waals surface area (Å²) in [7, 11) is 0. The van der Waals surface area contributed by atoms with E-state index < -0.39 is 74.2 Å². The summed E-state index contributed by atoms with van der Waals surface area (Å²) in [5.74, 6) is -0.705. The number of carbonyl (C=O) groups excluding carboxylic acids is 1. The topological polar surface area (TPSA) is 189 Å². The van der Waals surface area contributed by atoms with E-state index in [1.807, 2.05) is 0 Å². The van der Waals surface area contributed by atoms with Gasteiger partial charge in [0, 0.05) is 0 Å². The first-order valence-electron chi connectivity index (χ1n) is 39.9. The van der Waals surface area contributed by atoms with Crippen molar-refractivity contribution in [3.8, 4) is 0 Å². The Labute approximate surface area is 562 Å².